The molecule has 7 nitrogen and oxygen atoms in total. The fourth-order valence-electron chi connectivity index (χ4n) is 3.55. The number of urea groups is 1. The van der Waals surface area contributed by atoms with Gasteiger partial charge in [-0.15, -0.1) is 11.8 Å². The summed E-state index contributed by atoms with van der Waals surface area (Å²) in [5.41, 5.74) is -0.218. The second kappa shape index (κ2) is 7.67. The SMILES string of the molecule is CC[C@@]1(c2ccccc2)NC(=O)N(C[NH+]2CCS[C@H](C(=O)OC)C2)C1=O. The van der Waals surface area contributed by atoms with E-state index in [-0.39, 0.29) is 29.8 Å². The zero-order valence-electron chi connectivity index (χ0n) is 15.0. The highest BCUT2D eigenvalue weighted by molar-refractivity contribution is 8.00. The molecule has 2 saturated heterocycles. The number of carbonyl (C=O) groups is 3. The van der Waals surface area contributed by atoms with E-state index in [0.29, 0.717) is 13.0 Å². The number of nitrogens with zero attached hydrogens (tertiary/aromatic N) is 1. The van der Waals surface area contributed by atoms with Crippen LogP contribution in [0.1, 0.15) is 18.9 Å². The lowest BCUT2D eigenvalue weighted by molar-refractivity contribution is -0.905. The fraction of sp³-hybridized carbons (Fsp3) is 0.500. The lowest BCUT2D eigenvalue weighted by atomic mass is 9.87. The normalized spacial score (nSPS) is 28.8. The van der Waals surface area contributed by atoms with E-state index >= 15 is 0 Å². The van der Waals surface area contributed by atoms with Crippen molar-refractivity contribution in [2.75, 3.05) is 32.6 Å². The van der Waals surface area contributed by atoms with Crippen LogP contribution in [0.5, 0.6) is 0 Å². The summed E-state index contributed by atoms with van der Waals surface area (Å²) in [5, 5.41) is 2.64. The monoisotopic (exact) mass is 378 g/mol. The van der Waals surface area contributed by atoms with Crippen molar-refractivity contribution >= 4 is 29.7 Å². The molecule has 1 aromatic rings. The Morgan fingerprint density at radius 2 is 2.12 bits per heavy atom. The predicted octanol–water partition coefficient (Wildman–Crippen LogP) is -0.0255. The average Bonchev–Trinajstić information content (AvgIpc) is 2.93. The number of rotatable bonds is 5. The fourth-order valence-corrected chi connectivity index (χ4v) is 4.83. The molecule has 26 heavy (non-hydrogen) atoms. The van der Waals surface area contributed by atoms with E-state index < -0.39 is 5.54 Å². The number of hydrogen-bond donors (Lipinski definition) is 2. The number of quaternary nitrogens is 1. The Balaban J connectivity index is 1.76. The quantitative estimate of drug-likeness (QED) is 0.556. The van der Waals surface area contributed by atoms with Gasteiger partial charge < -0.3 is 15.0 Å². The van der Waals surface area contributed by atoms with Gasteiger partial charge in [0.25, 0.3) is 5.91 Å². The first-order valence-electron chi connectivity index (χ1n) is 8.74. The van der Waals surface area contributed by atoms with Crippen LogP contribution in [0.4, 0.5) is 4.79 Å². The average molecular weight is 378 g/mol. The largest absolute Gasteiger partial charge is 0.468 e. The van der Waals surface area contributed by atoms with Gasteiger partial charge in [-0.05, 0) is 12.0 Å². The highest BCUT2D eigenvalue weighted by Crippen LogP contribution is 2.31. The van der Waals surface area contributed by atoms with E-state index in [1.165, 1.54) is 12.0 Å². The van der Waals surface area contributed by atoms with Crippen LogP contribution >= 0.6 is 11.8 Å². The molecule has 2 aliphatic rings. The lowest BCUT2D eigenvalue weighted by Crippen LogP contribution is -3.16. The van der Waals surface area contributed by atoms with Crippen molar-refractivity contribution in [2.24, 2.45) is 0 Å². The molecule has 0 radical (unpaired) electrons. The number of nitrogens with one attached hydrogen (secondary N) is 2. The molecular formula is C18H24N3O4S+. The maximum Gasteiger partial charge on any atom is 0.329 e. The molecule has 0 spiro atoms. The topological polar surface area (TPSA) is 80.2 Å². The molecule has 8 heteroatoms. The highest BCUT2D eigenvalue weighted by Gasteiger charge is 2.52. The first-order valence-corrected chi connectivity index (χ1v) is 9.79. The second-order valence-corrected chi connectivity index (χ2v) is 7.84. The maximum absolute atomic E-state index is 13.1. The van der Waals surface area contributed by atoms with Gasteiger partial charge in [0.15, 0.2) is 11.9 Å². The van der Waals surface area contributed by atoms with Crippen molar-refractivity contribution in [3.63, 3.8) is 0 Å². The smallest absolute Gasteiger partial charge is 0.329 e. The van der Waals surface area contributed by atoms with Crippen molar-refractivity contribution in [1.29, 1.82) is 0 Å². The minimum Gasteiger partial charge on any atom is -0.468 e. The third-order valence-electron chi connectivity index (χ3n) is 5.07. The molecule has 1 aromatic carbocycles. The van der Waals surface area contributed by atoms with Gasteiger partial charge >= 0.3 is 12.0 Å². The van der Waals surface area contributed by atoms with E-state index in [4.69, 9.17) is 4.74 Å². The van der Waals surface area contributed by atoms with Crippen LogP contribution in [-0.2, 0) is 19.9 Å². The van der Waals surface area contributed by atoms with Gasteiger partial charge in [-0.2, -0.15) is 0 Å². The number of amides is 3. The summed E-state index contributed by atoms with van der Waals surface area (Å²) in [4.78, 5) is 39.8. The van der Waals surface area contributed by atoms with Gasteiger partial charge in [-0.1, -0.05) is 37.3 Å². The zero-order chi connectivity index (χ0) is 18.7. The Labute approximate surface area is 157 Å². The number of thioether (sulfide) groups is 1. The van der Waals surface area contributed by atoms with Crippen molar-refractivity contribution < 1.29 is 24.0 Å². The Hall–Kier alpha value is -2.06. The molecule has 140 valence electrons. The molecule has 2 heterocycles. The summed E-state index contributed by atoms with van der Waals surface area (Å²) >= 11 is 1.56. The number of benzene rings is 1. The van der Waals surface area contributed by atoms with Crippen LogP contribution in [0, 0.1) is 0 Å². The minimum absolute atomic E-state index is 0.225. The number of methoxy groups -OCH3 is 1. The molecule has 0 bridgehead atoms. The van der Waals surface area contributed by atoms with Crippen molar-refractivity contribution in [3.05, 3.63) is 35.9 Å². The van der Waals surface area contributed by atoms with Crippen molar-refractivity contribution in [1.82, 2.24) is 10.2 Å². The molecule has 2 N–H and O–H groups in total. The van der Waals surface area contributed by atoms with Crippen LogP contribution in [-0.4, -0.2) is 60.7 Å². The van der Waals surface area contributed by atoms with E-state index in [1.54, 1.807) is 11.8 Å². The molecule has 0 saturated carbocycles. The number of esters is 1. The summed E-state index contributed by atoms with van der Waals surface area (Å²) in [6, 6.07) is 8.97. The number of hydrogen-bond acceptors (Lipinski definition) is 5. The summed E-state index contributed by atoms with van der Waals surface area (Å²) < 4.78 is 4.83. The van der Waals surface area contributed by atoms with Crippen LogP contribution in [0.15, 0.2) is 30.3 Å². The molecule has 1 unspecified atom stereocenters. The van der Waals surface area contributed by atoms with E-state index in [9.17, 15) is 14.4 Å². The number of imide groups is 1. The summed E-state index contributed by atoms with van der Waals surface area (Å²) in [6.07, 6.45) is 0.480. The second-order valence-electron chi connectivity index (χ2n) is 6.53. The van der Waals surface area contributed by atoms with E-state index in [2.05, 4.69) is 5.32 Å². The van der Waals surface area contributed by atoms with Crippen LogP contribution in [0.2, 0.25) is 0 Å². The maximum atomic E-state index is 13.1. The Kier molecular flexibility index (Phi) is 5.52. The Bertz CT molecular complexity index is 699. The molecule has 2 aliphatic heterocycles. The molecule has 2 fully saturated rings. The first kappa shape index (κ1) is 18.7. The number of ether oxygens (including phenoxy) is 1. The van der Waals surface area contributed by atoms with Gasteiger partial charge in [0, 0.05) is 5.75 Å². The van der Waals surface area contributed by atoms with Crippen molar-refractivity contribution in [2.45, 2.75) is 24.1 Å². The van der Waals surface area contributed by atoms with Crippen LogP contribution in [0.3, 0.4) is 0 Å². The number of carbonyl (C=O) groups excluding carboxylic acids is 3. The van der Waals surface area contributed by atoms with Gasteiger partial charge in [-0.3, -0.25) is 9.59 Å². The molecule has 3 atom stereocenters. The highest BCUT2D eigenvalue weighted by atomic mass is 32.2. The third-order valence-corrected chi connectivity index (χ3v) is 6.27. The molecule has 0 aliphatic carbocycles. The summed E-state index contributed by atoms with van der Waals surface area (Å²) in [6.45, 7) is 3.48. The lowest BCUT2D eigenvalue weighted by Gasteiger charge is -2.30. The Morgan fingerprint density at radius 3 is 2.77 bits per heavy atom. The standard InChI is InChI=1S/C18H23N3O4S/c1-3-18(13-7-5-4-6-8-13)16(23)21(17(24)19-18)12-20-9-10-26-14(11-20)15(22)25-2/h4-8,14H,3,9-12H2,1-2H3,(H,19,24)/p+1/t14-,18-/m0/s1. The molecule has 3 rings (SSSR count). The van der Waals surface area contributed by atoms with Gasteiger partial charge in [0.05, 0.1) is 13.7 Å². The van der Waals surface area contributed by atoms with Gasteiger partial charge in [0.1, 0.15) is 12.1 Å². The zero-order valence-corrected chi connectivity index (χ0v) is 15.8. The third kappa shape index (κ3) is 3.31. The predicted molar refractivity (Wildman–Crippen MR) is 97.6 cm³/mol. The molecular weight excluding hydrogens is 354 g/mol. The van der Waals surface area contributed by atoms with E-state index in [0.717, 1.165) is 22.8 Å². The van der Waals surface area contributed by atoms with Crippen LogP contribution in [0.25, 0.3) is 0 Å². The minimum atomic E-state index is -1.01. The summed E-state index contributed by atoms with van der Waals surface area (Å²) in [5.74, 6) is 0.309. The van der Waals surface area contributed by atoms with Gasteiger partial charge in [0.2, 0.25) is 0 Å². The first-order chi connectivity index (χ1) is 12.5. The van der Waals surface area contributed by atoms with E-state index in [1.807, 2.05) is 37.3 Å². The summed E-state index contributed by atoms with van der Waals surface area (Å²) in [7, 11) is 1.38. The molecule has 3 amide bonds. The van der Waals surface area contributed by atoms with Crippen LogP contribution < -0.4 is 10.2 Å². The van der Waals surface area contributed by atoms with Crippen molar-refractivity contribution in [3.8, 4) is 0 Å². The molecule has 0 aromatic heterocycles. The van der Waals surface area contributed by atoms with Gasteiger partial charge in [-0.25, -0.2) is 9.69 Å². The Morgan fingerprint density at radius 1 is 1.38 bits per heavy atom.